The lowest BCUT2D eigenvalue weighted by molar-refractivity contribution is -0.122. The van der Waals surface area contributed by atoms with Crippen LogP contribution in [0, 0.1) is 6.92 Å². The highest BCUT2D eigenvalue weighted by atomic mass is 32.2. The standard InChI is InChI=1S/C30H32N4O4S/c1-19-27(24-12-8-9-13-25(24)33(19)5)28-22-10-6-7-11-23(22)29(36)34(28)18-26(35)31-32-39(37,38)21-16-14-20(15-17-21)30(2,3)4/h6-17,28,32H,18H2,1-5H3,(H,31,35)/t28-/m1/s1. The summed E-state index contributed by atoms with van der Waals surface area (Å²) < 4.78 is 27.8. The maximum absolute atomic E-state index is 13.5. The quantitative estimate of drug-likeness (QED) is 0.353. The SMILES string of the molecule is Cc1c([C@H]2c3ccccc3C(=O)N2CC(=O)NNS(=O)(=O)c2ccc(C(C)(C)C)cc2)c2ccccc2n1C. The van der Waals surface area contributed by atoms with Crippen molar-refractivity contribution in [3.63, 3.8) is 0 Å². The van der Waals surface area contributed by atoms with Crippen molar-refractivity contribution >= 4 is 32.7 Å². The van der Waals surface area contributed by atoms with Crippen molar-refractivity contribution in [2.45, 2.75) is 44.0 Å². The average molecular weight is 545 g/mol. The predicted molar refractivity (Wildman–Crippen MR) is 151 cm³/mol. The highest BCUT2D eigenvalue weighted by Crippen LogP contribution is 2.43. The van der Waals surface area contributed by atoms with Crippen molar-refractivity contribution in [3.05, 3.63) is 101 Å². The van der Waals surface area contributed by atoms with Gasteiger partial charge in [-0.3, -0.25) is 15.0 Å². The van der Waals surface area contributed by atoms with Crippen LogP contribution >= 0.6 is 0 Å². The van der Waals surface area contributed by atoms with Crippen molar-refractivity contribution in [3.8, 4) is 0 Å². The molecule has 2 N–H and O–H groups in total. The zero-order chi connectivity index (χ0) is 28.1. The summed E-state index contributed by atoms with van der Waals surface area (Å²) in [5.41, 5.74) is 7.46. The van der Waals surface area contributed by atoms with Gasteiger partial charge in [0, 0.05) is 34.8 Å². The first-order valence-electron chi connectivity index (χ1n) is 12.7. The van der Waals surface area contributed by atoms with Crippen LogP contribution < -0.4 is 10.3 Å². The molecule has 0 unspecified atom stereocenters. The molecule has 8 nitrogen and oxygen atoms in total. The van der Waals surface area contributed by atoms with Crippen molar-refractivity contribution < 1.29 is 18.0 Å². The predicted octanol–water partition coefficient (Wildman–Crippen LogP) is 4.34. The van der Waals surface area contributed by atoms with Gasteiger partial charge in [0.1, 0.15) is 6.54 Å². The van der Waals surface area contributed by atoms with E-state index >= 15 is 0 Å². The lowest BCUT2D eigenvalue weighted by Gasteiger charge is -2.26. The van der Waals surface area contributed by atoms with Gasteiger partial charge in [-0.1, -0.05) is 69.3 Å². The molecule has 39 heavy (non-hydrogen) atoms. The van der Waals surface area contributed by atoms with E-state index in [2.05, 4.69) is 14.8 Å². The minimum atomic E-state index is -4.00. The molecule has 0 bridgehead atoms. The maximum atomic E-state index is 13.5. The third-order valence-corrected chi connectivity index (χ3v) is 8.71. The molecule has 1 aliphatic rings. The molecule has 2 heterocycles. The third-order valence-electron chi connectivity index (χ3n) is 7.45. The Bertz CT molecular complexity index is 1700. The number of nitrogens with zero attached hydrogens (tertiary/aromatic N) is 2. The van der Waals surface area contributed by atoms with E-state index in [-0.39, 0.29) is 22.8 Å². The van der Waals surface area contributed by atoms with Gasteiger partial charge in [0.15, 0.2) is 0 Å². The molecule has 2 amide bonds. The van der Waals surface area contributed by atoms with Crippen LogP contribution in [0.4, 0.5) is 0 Å². The fourth-order valence-electron chi connectivity index (χ4n) is 5.25. The number of rotatable bonds is 6. The summed E-state index contributed by atoms with van der Waals surface area (Å²) >= 11 is 0. The number of aryl methyl sites for hydroxylation is 1. The second-order valence-electron chi connectivity index (χ2n) is 10.9. The van der Waals surface area contributed by atoms with Gasteiger partial charge >= 0.3 is 0 Å². The Hall–Kier alpha value is -3.95. The van der Waals surface area contributed by atoms with Crippen molar-refractivity contribution in [2.24, 2.45) is 7.05 Å². The Morgan fingerprint density at radius 3 is 2.28 bits per heavy atom. The number of carbonyl (C=O) groups is 2. The zero-order valence-electron chi connectivity index (χ0n) is 22.6. The molecule has 1 aliphatic heterocycles. The van der Waals surface area contributed by atoms with Crippen molar-refractivity contribution in [1.29, 1.82) is 0 Å². The summed E-state index contributed by atoms with van der Waals surface area (Å²) in [5, 5.41) is 0.997. The van der Waals surface area contributed by atoms with Gasteiger partial charge < -0.3 is 9.47 Å². The van der Waals surface area contributed by atoms with Crippen LogP contribution in [0.5, 0.6) is 0 Å². The van der Waals surface area contributed by atoms with E-state index in [9.17, 15) is 18.0 Å². The largest absolute Gasteiger partial charge is 0.348 e. The van der Waals surface area contributed by atoms with E-state index in [1.165, 1.54) is 17.0 Å². The van der Waals surface area contributed by atoms with Crippen LogP contribution in [0.25, 0.3) is 10.9 Å². The lowest BCUT2D eigenvalue weighted by atomic mass is 9.87. The molecule has 1 aromatic heterocycles. The molecule has 5 rings (SSSR count). The number of fused-ring (bicyclic) bond motifs is 2. The highest BCUT2D eigenvalue weighted by molar-refractivity contribution is 7.89. The molecule has 0 radical (unpaired) electrons. The maximum Gasteiger partial charge on any atom is 0.257 e. The van der Waals surface area contributed by atoms with Gasteiger partial charge in [0.25, 0.3) is 21.8 Å². The van der Waals surface area contributed by atoms with E-state index in [0.717, 1.165) is 33.3 Å². The summed E-state index contributed by atoms with van der Waals surface area (Å²) in [5.74, 6) is -0.923. The van der Waals surface area contributed by atoms with E-state index in [4.69, 9.17) is 0 Å². The smallest absolute Gasteiger partial charge is 0.257 e. The highest BCUT2D eigenvalue weighted by Gasteiger charge is 2.40. The molecule has 0 saturated heterocycles. The van der Waals surface area contributed by atoms with Crippen molar-refractivity contribution in [2.75, 3.05) is 6.54 Å². The Balaban J connectivity index is 1.41. The molecule has 0 spiro atoms. The van der Waals surface area contributed by atoms with E-state index in [1.54, 1.807) is 24.3 Å². The molecule has 4 aromatic rings. The topological polar surface area (TPSA) is 101 Å². The molecule has 1 atom stereocenters. The van der Waals surface area contributed by atoms with Crippen LogP contribution in [0.1, 0.15) is 59.6 Å². The molecule has 0 saturated carbocycles. The van der Waals surface area contributed by atoms with E-state index in [0.29, 0.717) is 5.56 Å². The summed E-state index contributed by atoms with van der Waals surface area (Å²) in [6, 6.07) is 21.3. The first-order chi connectivity index (χ1) is 18.4. The van der Waals surface area contributed by atoms with Crippen LogP contribution in [0.3, 0.4) is 0 Å². The first kappa shape index (κ1) is 26.6. The molecule has 202 valence electrons. The van der Waals surface area contributed by atoms with Gasteiger partial charge in [-0.2, -0.15) is 0 Å². The van der Waals surface area contributed by atoms with Gasteiger partial charge in [0.2, 0.25) is 0 Å². The number of hydrogen-bond donors (Lipinski definition) is 2. The number of carbonyl (C=O) groups excluding carboxylic acids is 2. The minimum Gasteiger partial charge on any atom is -0.348 e. The lowest BCUT2D eigenvalue weighted by Crippen LogP contribution is -2.47. The molecule has 0 aliphatic carbocycles. The number of benzene rings is 3. The van der Waals surface area contributed by atoms with Crippen LogP contribution in [-0.2, 0) is 27.3 Å². The number of aromatic nitrogens is 1. The molecule has 9 heteroatoms. The summed E-state index contributed by atoms with van der Waals surface area (Å²) in [6.07, 6.45) is 0. The van der Waals surface area contributed by atoms with Gasteiger partial charge in [-0.15, -0.1) is 4.83 Å². The monoisotopic (exact) mass is 544 g/mol. The van der Waals surface area contributed by atoms with Gasteiger partial charge in [-0.25, -0.2) is 8.42 Å². The number of amides is 2. The molecule has 3 aromatic carbocycles. The number of sulfonamides is 1. The minimum absolute atomic E-state index is 0.0321. The van der Waals surface area contributed by atoms with E-state index < -0.39 is 22.0 Å². The zero-order valence-corrected chi connectivity index (χ0v) is 23.5. The van der Waals surface area contributed by atoms with Crippen LogP contribution in [0.2, 0.25) is 0 Å². The fourth-order valence-corrected chi connectivity index (χ4v) is 6.11. The number of hydrogen-bond acceptors (Lipinski definition) is 4. The van der Waals surface area contributed by atoms with Gasteiger partial charge in [0.05, 0.1) is 10.9 Å². The second kappa shape index (κ2) is 9.66. The summed E-state index contributed by atoms with van der Waals surface area (Å²) in [4.78, 5) is 30.3. The van der Waals surface area contributed by atoms with Crippen LogP contribution in [-0.4, -0.2) is 36.2 Å². The normalized spacial score (nSPS) is 15.6. The Morgan fingerprint density at radius 2 is 1.59 bits per heavy atom. The van der Waals surface area contributed by atoms with Crippen molar-refractivity contribution in [1.82, 2.24) is 19.7 Å². The molecular formula is C30H32N4O4S. The number of nitrogens with one attached hydrogen (secondary N) is 2. The van der Waals surface area contributed by atoms with Crippen LogP contribution in [0.15, 0.2) is 77.7 Å². The molecular weight excluding hydrogens is 512 g/mol. The second-order valence-corrected chi connectivity index (χ2v) is 12.6. The fraction of sp³-hybridized carbons (Fsp3) is 0.267. The number of hydrazine groups is 1. The summed E-state index contributed by atoms with van der Waals surface area (Å²) in [6.45, 7) is 7.80. The Labute approximate surface area is 228 Å². The average Bonchev–Trinajstić information content (AvgIpc) is 3.32. The van der Waals surface area contributed by atoms with Gasteiger partial charge in [-0.05, 0) is 47.7 Å². The third kappa shape index (κ3) is 4.72. The molecule has 0 fully saturated rings. The number of para-hydroxylation sites is 1. The Morgan fingerprint density at radius 1 is 0.949 bits per heavy atom. The van der Waals surface area contributed by atoms with E-state index in [1.807, 2.05) is 71.1 Å². The Kier molecular flexibility index (Phi) is 6.60. The first-order valence-corrected chi connectivity index (χ1v) is 14.2. The summed E-state index contributed by atoms with van der Waals surface area (Å²) in [7, 11) is -2.03.